The van der Waals surface area contributed by atoms with Crippen LogP contribution < -0.4 is 11.1 Å². The number of pyridine rings is 1. The normalized spacial score (nSPS) is 10.2. The highest BCUT2D eigenvalue weighted by Crippen LogP contribution is 2.10. The topological polar surface area (TPSA) is 50.9 Å². The SMILES string of the molecule is Cc1cccc(NCc2ccc(CN)cn2)c1. The lowest BCUT2D eigenvalue weighted by Crippen LogP contribution is -2.03. The van der Waals surface area contributed by atoms with Gasteiger partial charge in [0, 0.05) is 18.4 Å². The lowest BCUT2D eigenvalue weighted by molar-refractivity contribution is 0.994. The Kier molecular flexibility index (Phi) is 3.73. The van der Waals surface area contributed by atoms with Gasteiger partial charge < -0.3 is 11.1 Å². The predicted molar refractivity (Wildman–Crippen MR) is 70.6 cm³/mol. The van der Waals surface area contributed by atoms with E-state index in [9.17, 15) is 0 Å². The molecule has 0 amide bonds. The molecular formula is C14H17N3. The molecule has 17 heavy (non-hydrogen) atoms. The van der Waals surface area contributed by atoms with Crippen LogP contribution in [0.15, 0.2) is 42.6 Å². The monoisotopic (exact) mass is 227 g/mol. The Hall–Kier alpha value is -1.87. The van der Waals surface area contributed by atoms with Gasteiger partial charge in [-0.15, -0.1) is 0 Å². The molecule has 2 aromatic rings. The predicted octanol–water partition coefficient (Wildman–Crippen LogP) is 2.46. The Morgan fingerprint density at radius 3 is 2.76 bits per heavy atom. The summed E-state index contributed by atoms with van der Waals surface area (Å²) in [4.78, 5) is 4.34. The van der Waals surface area contributed by atoms with Crippen LogP contribution in [0.2, 0.25) is 0 Å². The fourth-order valence-corrected chi connectivity index (χ4v) is 1.63. The zero-order valence-corrected chi connectivity index (χ0v) is 9.98. The first-order chi connectivity index (χ1) is 8.28. The number of rotatable bonds is 4. The molecule has 0 spiro atoms. The number of benzene rings is 1. The minimum absolute atomic E-state index is 0.540. The van der Waals surface area contributed by atoms with Gasteiger partial charge in [-0.1, -0.05) is 18.2 Å². The lowest BCUT2D eigenvalue weighted by Gasteiger charge is -2.07. The van der Waals surface area contributed by atoms with Crippen LogP contribution in [0.25, 0.3) is 0 Å². The van der Waals surface area contributed by atoms with Gasteiger partial charge in [0.2, 0.25) is 0 Å². The molecule has 0 saturated heterocycles. The number of hydrogen-bond acceptors (Lipinski definition) is 3. The Labute approximate surface area is 102 Å². The number of aromatic nitrogens is 1. The van der Waals surface area contributed by atoms with E-state index >= 15 is 0 Å². The van der Waals surface area contributed by atoms with E-state index in [2.05, 4.69) is 35.4 Å². The standard InChI is InChI=1S/C14H17N3/c1-11-3-2-4-13(7-11)17-10-14-6-5-12(8-15)9-16-14/h2-7,9,17H,8,10,15H2,1H3. The van der Waals surface area contributed by atoms with Gasteiger partial charge in [0.1, 0.15) is 0 Å². The maximum absolute atomic E-state index is 5.53. The quantitative estimate of drug-likeness (QED) is 0.843. The molecule has 3 heteroatoms. The summed E-state index contributed by atoms with van der Waals surface area (Å²) in [6, 6.07) is 12.3. The number of anilines is 1. The Bertz CT molecular complexity index is 477. The molecule has 1 aromatic heterocycles. The van der Waals surface area contributed by atoms with Gasteiger partial charge in [0.25, 0.3) is 0 Å². The molecule has 2 rings (SSSR count). The summed E-state index contributed by atoms with van der Waals surface area (Å²) in [6.07, 6.45) is 1.83. The van der Waals surface area contributed by atoms with Gasteiger partial charge in [-0.3, -0.25) is 4.98 Å². The van der Waals surface area contributed by atoms with Gasteiger partial charge in [0.15, 0.2) is 0 Å². The molecular weight excluding hydrogens is 210 g/mol. The fourth-order valence-electron chi connectivity index (χ4n) is 1.63. The molecule has 0 aliphatic heterocycles. The third kappa shape index (κ3) is 3.29. The summed E-state index contributed by atoms with van der Waals surface area (Å²) >= 11 is 0. The summed E-state index contributed by atoms with van der Waals surface area (Å²) in [5, 5.41) is 3.35. The van der Waals surface area contributed by atoms with E-state index in [0.29, 0.717) is 6.54 Å². The first-order valence-electron chi connectivity index (χ1n) is 5.72. The lowest BCUT2D eigenvalue weighted by atomic mass is 10.2. The number of nitrogens with one attached hydrogen (secondary N) is 1. The van der Waals surface area contributed by atoms with Crippen molar-refractivity contribution in [3.63, 3.8) is 0 Å². The minimum atomic E-state index is 0.540. The maximum Gasteiger partial charge on any atom is 0.0594 e. The van der Waals surface area contributed by atoms with Crippen LogP contribution in [-0.4, -0.2) is 4.98 Å². The Morgan fingerprint density at radius 2 is 2.12 bits per heavy atom. The van der Waals surface area contributed by atoms with Gasteiger partial charge in [-0.2, -0.15) is 0 Å². The number of hydrogen-bond donors (Lipinski definition) is 2. The third-order valence-electron chi connectivity index (χ3n) is 2.61. The van der Waals surface area contributed by atoms with Crippen molar-refractivity contribution in [1.82, 2.24) is 4.98 Å². The van der Waals surface area contributed by atoms with Crippen LogP contribution in [0.5, 0.6) is 0 Å². The highest BCUT2D eigenvalue weighted by molar-refractivity contribution is 5.45. The van der Waals surface area contributed by atoms with Gasteiger partial charge >= 0.3 is 0 Å². The number of nitrogens with zero attached hydrogens (tertiary/aromatic N) is 1. The summed E-state index contributed by atoms with van der Waals surface area (Å²) in [5.74, 6) is 0. The maximum atomic E-state index is 5.53. The molecule has 1 heterocycles. The van der Waals surface area contributed by atoms with Crippen LogP contribution in [0.3, 0.4) is 0 Å². The van der Waals surface area contributed by atoms with E-state index in [4.69, 9.17) is 5.73 Å². The van der Waals surface area contributed by atoms with Gasteiger partial charge in [-0.05, 0) is 36.2 Å². The zero-order chi connectivity index (χ0) is 12.1. The molecule has 0 aliphatic carbocycles. The molecule has 0 saturated carbocycles. The summed E-state index contributed by atoms with van der Waals surface area (Å²) in [5.41, 5.74) is 9.97. The van der Waals surface area contributed by atoms with E-state index in [1.807, 2.05) is 24.4 Å². The van der Waals surface area contributed by atoms with Crippen molar-refractivity contribution in [3.05, 3.63) is 59.4 Å². The van der Waals surface area contributed by atoms with Crippen LogP contribution in [-0.2, 0) is 13.1 Å². The van der Waals surface area contributed by atoms with E-state index in [1.54, 1.807) is 0 Å². The van der Waals surface area contributed by atoms with Crippen molar-refractivity contribution in [1.29, 1.82) is 0 Å². The second-order valence-electron chi connectivity index (χ2n) is 4.08. The zero-order valence-electron chi connectivity index (χ0n) is 9.98. The number of nitrogens with two attached hydrogens (primary N) is 1. The summed E-state index contributed by atoms with van der Waals surface area (Å²) < 4.78 is 0. The smallest absolute Gasteiger partial charge is 0.0594 e. The van der Waals surface area contributed by atoms with E-state index in [0.717, 1.165) is 23.5 Å². The fraction of sp³-hybridized carbons (Fsp3) is 0.214. The molecule has 0 aliphatic rings. The van der Waals surface area contributed by atoms with Crippen molar-refractivity contribution in [2.75, 3.05) is 5.32 Å². The first-order valence-corrected chi connectivity index (χ1v) is 5.72. The largest absolute Gasteiger partial charge is 0.379 e. The highest BCUT2D eigenvalue weighted by atomic mass is 14.9. The Balaban J connectivity index is 1.97. The van der Waals surface area contributed by atoms with Crippen molar-refractivity contribution >= 4 is 5.69 Å². The summed E-state index contributed by atoms with van der Waals surface area (Å²) in [6.45, 7) is 3.35. The average Bonchev–Trinajstić information content (AvgIpc) is 2.37. The molecule has 3 nitrogen and oxygen atoms in total. The van der Waals surface area contributed by atoms with Crippen LogP contribution in [0.4, 0.5) is 5.69 Å². The van der Waals surface area contributed by atoms with Crippen molar-refractivity contribution < 1.29 is 0 Å². The molecule has 0 atom stereocenters. The molecule has 1 aromatic carbocycles. The van der Waals surface area contributed by atoms with Crippen LogP contribution in [0, 0.1) is 6.92 Å². The molecule has 0 unspecified atom stereocenters. The van der Waals surface area contributed by atoms with Crippen molar-refractivity contribution in [2.24, 2.45) is 5.73 Å². The van der Waals surface area contributed by atoms with Gasteiger partial charge in [0.05, 0.1) is 12.2 Å². The second kappa shape index (κ2) is 5.46. The van der Waals surface area contributed by atoms with Crippen LogP contribution >= 0.6 is 0 Å². The molecule has 0 fully saturated rings. The molecule has 0 radical (unpaired) electrons. The average molecular weight is 227 g/mol. The van der Waals surface area contributed by atoms with Crippen molar-refractivity contribution in [3.8, 4) is 0 Å². The van der Waals surface area contributed by atoms with Crippen LogP contribution in [0.1, 0.15) is 16.8 Å². The highest BCUT2D eigenvalue weighted by Gasteiger charge is 1.96. The molecule has 3 N–H and O–H groups in total. The van der Waals surface area contributed by atoms with E-state index in [-0.39, 0.29) is 0 Å². The summed E-state index contributed by atoms with van der Waals surface area (Å²) in [7, 11) is 0. The second-order valence-corrected chi connectivity index (χ2v) is 4.08. The Morgan fingerprint density at radius 1 is 1.24 bits per heavy atom. The van der Waals surface area contributed by atoms with E-state index in [1.165, 1.54) is 5.56 Å². The van der Waals surface area contributed by atoms with E-state index < -0.39 is 0 Å². The first kappa shape index (κ1) is 11.6. The number of aryl methyl sites for hydroxylation is 1. The van der Waals surface area contributed by atoms with Crippen molar-refractivity contribution in [2.45, 2.75) is 20.0 Å². The molecule has 88 valence electrons. The van der Waals surface area contributed by atoms with Gasteiger partial charge in [-0.25, -0.2) is 0 Å². The molecule has 0 bridgehead atoms. The third-order valence-corrected chi connectivity index (χ3v) is 2.61. The minimum Gasteiger partial charge on any atom is -0.379 e.